The maximum atomic E-state index is 12.5. The Hall–Kier alpha value is -1.55. The molecule has 0 spiro atoms. The smallest absolute Gasteiger partial charge is 0.227 e. The van der Waals surface area contributed by atoms with E-state index in [0.29, 0.717) is 18.7 Å². The number of hydrogen-bond acceptors (Lipinski definition) is 3. The van der Waals surface area contributed by atoms with E-state index >= 15 is 0 Å². The number of ether oxygens (including phenoxy) is 1. The highest BCUT2D eigenvalue weighted by Gasteiger charge is 2.36. The molecule has 2 fully saturated rings. The van der Waals surface area contributed by atoms with Gasteiger partial charge in [-0.05, 0) is 18.9 Å². The summed E-state index contributed by atoms with van der Waals surface area (Å²) < 4.78 is 5.79. The molecule has 3 rings (SSSR count). The molecule has 20 heavy (non-hydrogen) atoms. The predicted octanol–water partition coefficient (Wildman–Crippen LogP) is 2.10. The van der Waals surface area contributed by atoms with Crippen molar-refractivity contribution < 1.29 is 14.6 Å². The van der Waals surface area contributed by atoms with Gasteiger partial charge in [0.15, 0.2) is 0 Å². The number of hydrogen-bond donors (Lipinski definition) is 1. The summed E-state index contributed by atoms with van der Waals surface area (Å²) in [5.74, 6) is 0.306. The fourth-order valence-electron chi connectivity index (χ4n) is 3.33. The number of benzene rings is 1. The Morgan fingerprint density at radius 3 is 2.95 bits per heavy atom. The molecule has 1 saturated heterocycles. The number of para-hydroxylation sites is 1. The van der Waals surface area contributed by atoms with Gasteiger partial charge in [-0.3, -0.25) is 4.79 Å². The van der Waals surface area contributed by atoms with E-state index in [1.807, 2.05) is 17.0 Å². The average molecular weight is 275 g/mol. The third-order valence-electron chi connectivity index (χ3n) is 4.39. The third kappa shape index (κ3) is 2.66. The van der Waals surface area contributed by atoms with E-state index in [4.69, 9.17) is 4.74 Å². The number of carbonyl (C=O) groups is 1. The van der Waals surface area contributed by atoms with E-state index in [1.54, 1.807) is 12.1 Å². The fraction of sp³-hybridized carbons (Fsp3) is 0.562. The zero-order valence-electron chi connectivity index (χ0n) is 11.6. The molecule has 1 amide bonds. The van der Waals surface area contributed by atoms with Gasteiger partial charge >= 0.3 is 0 Å². The Labute approximate surface area is 119 Å². The molecule has 1 saturated carbocycles. The summed E-state index contributed by atoms with van der Waals surface area (Å²) in [4.78, 5) is 14.5. The highest BCUT2D eigenvalue weighted by Crippen LogP contribution is 2.29. The normalized spacial score (nSPS) is 26.1. The number of nitrogens with zero attached hydrogens (tertiary/aromatic N) is 1. The van der Waals surface area contributed by atoms with Crippen LogP contribution in [0.1, 0.15) is 31.2 Å². The molecule has 2 atom stereocenters. The second-order valence-corrected chi connectivity index (χ2v) is 5.65. The van der Waals surface area contributed by atoms with Crippen LogP contribution in [-0.2, 0) is 16.0 Å². The van der Waals surface area contributed by atoms with Crippen molar-refractivity contribution in [3.63, 3.8) is 0 Å². The lowest BCUT2D eigenvalue weighted by Gasteiger charge is -2.43. The topological polar surface area (TPSA) is 49.8 Å². The standard InChI is InChI=1S/C16H21NO3/c18-14-7-3-1-5-12(14)11-16(19)17-9-10-20-15-8-4-2-6-13(15)17/h1,3,5,7,13,15,18H,2,4,6,8-11H2. The number of amides is 1. The Morgan fingerprint density at radius 2 is 2.10 bits per heavy atom. The predicted molar refractivity (Wildman–Crippen MR) is 75.5 cm³/mol. The second-order valence-electron chi connectivity index (χ2n) is 5.65. The summed E-state index contributed by atoms with van der Waals surface area (Å²) in [6.45, 7) is 1.31. The van der Waals surface area contributed by atoms with Gasteiger partial charge in [0.1, 0.15) is 5.75 Å². The summed E-state index contributed by atoms with van der Waals surface area (Å²) in [5.41, 5.74) is 0.705. The van der Waals surface area contributed by atoms with Gasteiger partial charge in [-0.1, -0.05) is 31.0 Å². The lowest BCUT2D eigenvalue weighted by atomic mass is 9.90. The van der Waals surface area contributed by atoms with Gasteiger partial charge in [-0.2, -0.15) is 0 Å². The first kappa shape index (κ1) is 13.4. The number of aromatic hydroxyl groups is 1. The van der Waals surface area contributed by atoms with Gasteiger partial charge in [0.05, 0.1) is 25.2 Å². The molecule has 2 unspecified atom stereocenters. The maximum Gasteiger partial charge on any atom is 0.227 e. The summed E-state index contributed by atoms with van der Waals surface area (Å²) >= 11 is 0. The minimum Gasteiger partial charge on any atom is -0.508 e. The van der Waals surface area contributed by atoms with Crippen LogP contribution in [-0.4, -0.2) is 41.2 Å². The van der Waals surface area contributed by atoms with Gasteiger partial charge < -0.3 is 14.7 Å². The van der Waals surface area contributed by atoms with Crippen molar-refractivity contribution in [2.75, 3.05) is 13.2 Å². The first-order valence-corrected chi connectivity index (χ1v) is 7.43. The lowest BCUT2D eigenvalue weighted by molar-refractivity contribution is -0.148. The molecule has 4 nitrogen and oxygen atoms in total. The second kappa shape index (κ2) is 5.83. The number of phenolic OH excluding ortho intramolecular Hbond substituents is 1. The Balaban J connectivity index is 1.71. The molecule has 4 heteroatoms. The van der Waals surface area contributed by atoms with Crippen molar-refractivity contribution in [1.82, 2.24) is 4.90 Å². The molecule has 2 aliphatic rings. The van der Waals surface area contributed by atoms with E-state index < -0.39 is 0 Å². The number of morpholine rings is 1. The summed E-state index contributed by atoms with van der Waals surface area (Å²) in [6, 6.07) is 7.30. The largest absolute Gasteiger partial charge is 0.508 e. The fourth-order valence-corrected chi connectivity index (χ4v) is 3.33. The zero-order valence-corrected chi connectivity index (χ0v) is 11.6. The average Bonchev–Trinajstić information content (AvgIpc) is 2.49. The quantitative estimate of drug-likeness (QED) is 0.899. The number of carbonyl (C=O) groups excluding carboxylic acids is 1. The Morgan fingerprint density at radius 1 is 1.30 bits per heavy atom. The maximum absolute atomic E-state index is 12.5. The van der Waals surface area contributed by atoms with Gasteiger partial charge in [0.2, 0.25) is 5.91 Å². The number of phenols is 1. The first-order valence-electron chi connectivity index (χ1n) is 7.43. The molecule has 108 valence electrons. The van der Waals surface area contributed by atoms with Crippen molar-refractivity contribution in [2.24, 2.45) is 0 Å². The van der Waals surface area contributed by atoms with Crippen molar-refractivity contribution in [2.45, 2.75) is 44.2 Å². The molecular weight excluding hydrogens is 254 g/mol. The van der Waals surface area contributed by atoms with E-state index in [-0.39, 0.29) is 30.2 Å². The summed E-state index contributed by atoms with van der Waals surface area (Å²) in [6.07, 6.45) is 4.96. The van der Waals surface area contributed by atoms with E-state index in [0.717, 1.165) is 12.8 Å². The highest BCUT2D eigenvalue weighted by atomic mass is 16.5. The van der Waals surface area contributed by atoms with E-state index in [9.17, 15) is 9.90 Å². The van der Waals surface area contributed by atoms with Crippen LogP contribution in [0.25, 0.3) is 0 Å². The molecule has 1 heterocycles. The Kier molecular flexibility index (Phi) is 3.92. The molecule has 1 N–H and O–H groups in total. The van der Waals surface area contributed by atoms with Crippen molar-refractivity contribution in [1.29, 1.82) is 0 Å². The van der Waals surface area contributed by atoms with Crippen LogP contribution in [0.4, 0.5) is 0 Å². The van der Waals surface area contributed by atoms with Crippen molar-refractivity contribution >= 4 is 5.91 Å². The summed E-state index contributed by atoms with van der Waals surface area (Å²) in [7, 11) is 0. The van der Waals surface area contributed by atoms with Crippen LogP contribution >= 0.6 is 0 Å². The molecular formula is C16H21NO3. The van der Waals surface area contributed by atoms with Crippen LogP contribution in [0.2, 0.25) is 0 Å². The van der Waals surface area contributed by atoms with Gasteiger partial charge in [-0.25, -0.2) is 0 Å². The van der Waals surface area contributed by atoms with Crippen molar-refractivity contribution in [3.05, 3.63) is 29.8 Å². The van der Waals surface area contributed by atoms with Gasteiger partial charge in [-0.15, -0.1) is 0 Å². The molecule has 1 aliphatic heterocycles. The minimum absolute atomic E-state index is 0.103. The molecule has 0 radical (unpaired) electrons. The molecule has 1 aliphatic carbocycles. The van der Waals surface area contributed by atoms with E-state index in [1.165, 1.54) is 12.8 Å². The SMILES string of the molecule is O=C(Cc1ccccc1O)N1CCOC2CCCCC21. The molecule has 0 bridgehead atoms. The van der Waals surface area contributed by atoms with Crippen LogP contribution < -0.4 is 0 Å². The number of rotatable bonds is 2. The van der Waals surface area contributed by atoms with E-state index in [2.05, 4.69) is 0 Å². The van der Waals surface area contributed by atoms with Crippen LogP contribution in [0.15, 0.2) is 24.3 Å². The van der Waals surface area contributed by atoms with Crippen LogP contribution in [0.3, 0.4) is 0 Å². The van der Waals surface area contributed by atoms with Crippen LogP contribution in [0, 0.1) is 0 Å². The zero-order chi connectivity index (χ0) is 13.9. The Bertz CT molecular complexity index is 486. The van der Waals surface area contributed by atoms with Gasteiger partial charge in [0, 0.05) is 12.1 Å². The van der Waals surface area contributed by atoms with Gasteiger partial charge in [0.25, 0.3) is 0 Å². The highest BCUT2D eigenvalue weighted by molar-refractivity contribution is 5.80. The number of fused-ring (bicyclic) bond motifs is 1. The molecule has 1 aromatic rings. The monoisotopic (exact) mass is 275 g/mol. The van der Waals surface area contributed by atoms with Crippen molar-refractivity contribution in [3.8, 4) is 5.75 Å². The van der Waals surface area contributed by atoms with Crippen LogP contribution in [0.5, 0.6) is 5.75 Å². The molecule has 0 aromatic heterocycles. The minimum atomic E-state index is 0.103. The third-order valence-corrected chi connectivity index (χ3v) is 4.39. The lowest BCUT2D eigenvalue weighted by Crippen LogP contribution is -2.55. The summed E-state index contributed by atoms with van der Waals surface area (Å²) in [5, 5.41) is 9.79. The first-order chi connectivity index (χ1) is 9.75. The molecule has 1 aromatic carbocycles.